The van der Waals surface area contributed by atoms with Gasteiger partial charge in [0.05, 0.1) is 12.2 Å². The van der Waals surface area contributed by atoms with Crippen LogP contribution in [0.5, 0.6) is 0 Å². The third-order valence-corrected chi connectivity index (χ3v) is 1.05. The summed E-state index contributed by atoms with van der Waals surface area (Å²) >= 11 is 0. The van der Waals surface area contributed by atoms with Gasteiger partial charge < -0.3 is 9.84 Å². The molecule has 0 fully saturated rings. The number of hydrogen-bond acceptors (Lipinski definition) is 2. The largest absolute Gasteiger partial charge is 0.391 e. The van der Waals surface area contributed by atoms with Gasteiger partial charge in [0.1, 0.15) is 0 Å². The van der Waals surface area contributed by atoms with Gasteiger partial charge in [-0.1, -0.05) is 0 Å². The second-order valence-electron chi connectivity index (χ2n) is 1.68. The minimum atomic E-state index is -0.356. The summed E-state index contributed by atoms with van der Waals surface area (Å²) in [5.41, 5.74) is 0. The molecule has 0 saturated heterocycles. The molecule has 0 aromatic carbocycles. The van der Waals surface area contributed by atoms with Gasteiger partial charge in [0, 0.05) is 39.8 Å². The SMILES string of the molecule is COC(C)C(C)O.[Y]. The van der Waals surface area contributed by atoms with Crippen LogP contribution in [0.15, 0.2) is 0 Å². The van der Waals surface area contributed by atoms with Gasteiger partial charge in [0.15, 0.2) is 0 Å². The summed E-state index contributed by atoms with van der Waals surface area (Å²) in [5, 5.41) is 8.70. The Morgan fingerprint density at radius 3 is 1.75 bits per heavy atom. The minimum Gasteiger partial charge on any atom is -0.391 e. The molecule has 47 valence electrons. The fourth-order valence-corrected chi connectivity index (χ4v) is 0.197. The van der Waals surface area contributed by atoms with E-state index in [0.29, 0.717) is 0 Å². The van der Waals surface area contributed by atoms with Crippen molar-refractivity contribution in [2.24, 2.45) is 0 Å². The maximum atomic E-state index is 8.70. The summed E-state index contributed by atoms with van der Waals surface area (Å²) in [5.74, 6) is 0. The average Bonchev–Trinajstić information content (AvgIpc) is 1.65. The first-order valence-corrected chi connectivity index (χ1v) is 2.39. The molecule has 0 amide bonds. The summed E-state index contributed by atoms with van der Waals surface area (Å²) in [6, 6.07) is 0. The zero-order chi connectivity index (χ0) is 5.86. The summed E-state index contributed by atoms with van der Waals surface area (Å²) < 4.78 is 4.76. The van der Waals surface area contributed by atoms with Crippen molar-refractivity contribution < 1.29 is 42.6 Å². The predicted molar refractivity (Wildman–Crippen MR) is 28.2 cm³/mol. The molecule has 0 aliphatic carbocycles. The van der Waals surface area contributed by atoms with Gasteiger partial charge in [0.2, 0.25) is 0 Å². The monoisotopic (exact) mass is 193 g/mol. The fourth-order valence-electron chi connectivity index (χ4n) is 0.197. The van der Waals surface area contributed by atoms with Crippen LogP contribution in [0.3, 0.4) is 0 Å². The average molecular weight is 193 g/mol. The van der Waals surface area contributed by atoms with E-state index in [1.807, 2.05) is 6.92 Å². The molecule has 1 N–H and O–H groups in total. The van der Waals surface area contributed by atoms with Gasteiger partial charge in [-0.2, -0.15) is 0 Å². The molecular formula is C5H12O2Y. The summed E-state index contributed by atoms with van der Waals surface area (Å²) in [6.45, 7) is 3.53. The molecule has 2 atom stereocenters. The van der Waals surface area contributed by atoms with E-state index in [2.05, 4.69) is 0 Å². The van der Waals surface area contributed by atoms with Gasteiger partial charge in [-0.25, -0.2) is 0 Å². The second-order valence-corrected chi connectivity index (χ2v) is 1.68. The van der Waals surface area contributed by atoms with Crippen molar-refractivity contribution in [3.63, 3.8) is 0 Å². The Labute approximate surface area is 75.5 Å². The van der Waals surface area contributed by atoms with E-state index >= 15 is 0 Å². The quantitative estimate of drug-likeness (QED) is 0.687. The molecule has 0 aliphatic heterocycles. The van der Waals surface area contributed by atoms with Crippen LogP contribution in [0.4, 0.5) is 0 Å². The third kappa shape index (κ3) is 5.17. The molecule has 0 spiro atoms. The van der Waals surface area contributed by atoms with E-state index in [4.69, 9.17) is 9.84 Å². The van der Waals surface area contributed by atoms with E-state index < -0.39 is 0 Å². The number of ether oxygens (including phenoxy) is 1. The van der Waals surface area contributed by atoms with Crippen LogP contribution in [0.2, 0.25) is 0 Å². The number of aliphatic hydroxyl groups excluding tert-OH is 1. The summed E-state index contributed by atoms with van der Waals surface area (Å²) in [7, 11) is 1.58. The number of methoxy groups -OCH3 is 1. The molecule has 0 saturated carbocycles. The van der Waals surface area contributed by atoms with Gasteiger partial charge in [0.25, 0.3) is 0 Å². The van der Waals surface area contributed by atoms with Crippen LogP contribution in [-0.4, -0.2) is 24.4 Å². The standard InChI is InChI=1S/C5H12O2.Y/c1-4(6)5(2)7-3;/h4-6H,1-3H3;. The maximum absolute atomic E-state index is 8.70. The van der Waals surface area contributed by atoms with Crippen LogP contribution in [-0.2, 0) is 37.4 Å². The minimum absolute atomic E-state index is 0. The molecule has 0 aromatic rings. The van der Waals surface area contributed by atoms with Gasteiger partial charge in [-0.3, -0.25) is 0 Å². The fraction of sp³-hybridized carbons (Fsp3) is 1.00. The van der Waals surface area contributed by atoms with Gasteiger partial charge in [-0.15, -0.1) is 0 Å². The first kappa shape index (κ1) is 11.8. The maximum Gasteiger partial charge on any atom is 0.0799 e. The van der Waals surface area contributed by atoms with E-state index in [0.717, 1.165) is 0 Å². The Bertz CT molecular complexity index is 47.7. The van der Waals surface area contributed by atoms with Crippen molar-refractivity contribution in [1.82, 2.24) is 0 Å². The normalized spacial score (nSPS) is 16.5. The van der Waals surface area contributed by atoms with Gasteiger partial charge in [-0.05, 0) is 13.8 Å². The Morgan fingerprint density at radius 2 is 1.75 bits per heavy atom. The van der Waals surface area contributed by atoms with E-state index in [1.165, 1.54) is 0 Å². The molecule has 0 aromatic heterocycles. The Morgan fingerprint density at radius 1 is 1.38 bits per heavy atom. The molecule has 0 aliphatic rings. The molecule has 3 heteroatoms. The Hall–Kier alpha value is 1.02. The van der Waals surface area contributed by atoms with E-state index in [1.54, 1.807) is 14.0 Å². The van der Waals surface area contributed by atoms with Crippen molar-refractivity contribution in [3.05, 3.63) is 0 Å². The topological polar surface area (TPSA) is 29.5 Å². The smallest absolute Gasteiger partial charge is 0.0799 e. The summed E-state index contributed by atoms with van der Waals surface area (Å²) in [6.07, 6.45) is -0.398. The third-order valence-electron chi connectivity index (χ3n) is 1.05. The molecular weight excluding hydrogens is 181 g/mol. The van der Waals surface area contributed by atoms with E-state index in [-0.39, 0.29) is 44.9 Å². The molecule has 1 radical (unpaired) electrons. The van der Waals surface area contributed by atoms with Crippen LogP contribution in [0.1, 0.15) is 13.8 Å². The van der Waals surface area contributed by atoms with Crippen LogP contribution in [0.25, 0.3) is 0 Å². The van der Waals surface area contributed by atoms with Crippen molar-refractivity contribution in [2.75, 3.05) is 7.11 Å². The van der Waals surface area contributed by atoms with E-state index in [9.17, 15) is 0 Å². The molecule has 0 heterocycles. The Kier molecular flexibility index (Phi) is 9.05. The van der Waals surface area contributed by atoms with Crippen molar-refractivity contribution in [1.29, 1.82) is 0 Å². The van der Waals surface area contributed by atoms with Crippen molar-refractivity contribution >= 4 is 0 Å². The second kappa shape index (κ2) is 6.15. The predicted octanol–water partition coefficient (Wildman–Crippen LogP) is 0.400. The van der Waals surface area contributed by atoms with Crippen LogP contribution < -0.4 is 0 Å². The number of rotatable bonds is 2. The van der Waals surface area contributed by atoms with Crippen molar-refractivity contribution in [3.8, 4) is 0 Å². The molecule has 0 bridgehead atoms. The first-order chi connectivity index (χ1) is 3.18. The molecule has 2 unspecified atom stereocenters. The molecule has 2 nitrogen and oxygen atoms in total. The first-order valence-electron chi connectivity index (χ1n) is 2.39. The molecule has 8 heavy (non-hydrogen) atoms. The van der Waals surface area contributed by atoms with Crippen LogP contribution in [0, 0.1) is 0 Å². The zero-order valence-corrected chi connectivity index (χ0v) is 8.43. The van der Waals surface area contributed by atoms with Gasteiger partial charge >= 0.3 is 0 Å². The number of hydrogen-bond donors (Lipinski definition) is 1. The molecule has 0 rings (SSSR count). The Balaban J connectivity index is 0. The van der Waals surface area contributed by atoms with Crippen molar-refractivity contribution in [2.45, 2.75) is 26.1 Å². The zero-order valence-electron chi connectivity index (χ0n) is 5.59. The number of aliphatic hydroxyl groups is 1. The summed E-state index contributed by atoms with van der Waals surface area (Å²) in [4.78, 5) is 0. The van der Waals surface area contributed by atoms with Crippen LogP contribution >= 0.6 is 0 Å².